The van der Waals surface area contributed by atoms with Crippen molar-refractivity contribution >= 4 is 10.9 Å². The molecule has 5 heteroatoms. The van der Waals surface area contributed by atoms with Crippen LogP contribution in [0.4, 0.5) is 0 Å². The van der Waals surface area contributed by atoms with E-state index in [9.17, 15) is 0 Å². The minimum Gasteiger partial charge on any atom is -0.489 e. The molecule has 0 spiro atoms. The van der Waals surface area contributed by atoms with E-state index >= 15 is 0 Å². The van der Waals surface area contributed by atoms with Gasteiger partial charge in [-0.3, -0.25) is 0 Å². The summed E-state index contributed by atoms with van der Waals surface area (Å²) in [5.74, 6) is 1.81. The third kappa shape index (κ3) is 2.63. The van der Waals surface area contributed by atoms with E-state index < -0.39 is 0 Å². The Morgan fingerprint density at radius 2 is 2.19 bits per heavy atom. The number of benzene rings is 1. The van der Waals surface area contributed by atoms with Gasteiger partial charge in [-0.2, -0.15) is 5.10 Å². The molecule has 1 aliphatic carbocycles. The van der Waals surface area contributed by atoms with Crippen LogP contribution in [0.5, 0.6) is 5.75 Å². The van der Waals surface area contributed by atoms with E-state index in [-0.39, 0.29) is 0 Å². The van der Waals surface area contributed by atoms with Crippen molar-refractivity contribution in [1.29, 1.82) is 0 Å². The zero-order valence-corrected chi connectivity index (χ0v) is 11.9. The highest BCUT2D eigenvalue weighted by atomic mass is 16.5. The van der Waals surface area contributed by atoms with Crippen molar-refractivity contribution in [1.82, 2.24) is 19.3 Å². The fraction of sp³-hybridized carbons (Fsp3) is 0.375. The van der Waals surface area contributed by atoms with Crippen LogP contribution in [-0.4, -0.2) is 25.9 Å². The lowest BCUT2D eigenvalue weighted by molar-refractivity contribution is 0.293. The Labute approximate surface area is 123 Å². The standard InChI is InChI=1S/C16H18N4O/c1-2-14-6-7-19(10-13-4-5-13)16(14)15(3-1)21-9-8-20-12-17-11-18-20/h1-3,6-7,11-13H,4-5,8-10H2. The summed E-state index contributed by atoms with van der Waals surface area (Å²) >= 11 is 0. The first kappa shape index (κ1) is 12.4. The molecular weight excluding hydrogens is 264 g/mol. The van der Waals surface area contributed by atoms with Gasteiger partial charge in [0.2, 0.25) is 0 Å². The van der Waals surface area contributed by atoms with Crippen molar-refractivity contribution in [2.45, 2.75) is 25.9 Å². The monoisotopic (exact) mass is 282 g/mol. The van der Waals surface area contributed by atoms with Gasteiger partial charge in [0, 0.05) is 18.1 Å². The summed E-state index contributed by atoms with van der Waals surface area (Å²) in [7, 11) is 0. The maximum Gasteiger partial charge on any atom is 0.143 e. The first-order chi connectivity index (χ1) is 10.4. The van der Waals surface area contributed by atoms with E-state index in [1.54, 1.807) is 17.3 Å². The van der Waals surface area contributed by atoms with Gasteiger partial charge in [-0.05, 0) is 30.9 Å². The zero-order valence-electron chi connectivity index (χ0n) is 11.9. The molecule has 0 saturated heterocycles. The second-order valence-electron chi connectivity index (χ2n) is 5.61. The second kappa shape index (κ2) is 5.24. The molecule has 0 atom stereocenters. The highest BCUT2D eigenvalue weighted by molar-refractivity contribution is 5.86. The summed E-state index contributed by atoms with van der Waals surface area (Å²) in [4.78, 5) is 3.94. The molecule has 3 aromatic rings. The molecule has 0 unspecified atom stereocenters. The summed E-state index contributed by atoms with van der Waals surface area (Å²) in [5, 5.41) is 5.33. The topological polar surface area (TPSA) is 44.9 Å². The van der Waals surface area contributed by atoms with E-state index in [2.05, 4.69) is 39.0 Å². The van der Waals surface area contributed by atoms with Crippen LogP contribution in [0.25, 0.3) is 10.9 Å². The lowest BCUT2D eigenvalue weighted by atomic mass is 10.2. The van der Waals surface area contributed by atoms with Crippen LogP contribution in [0, 0.1) is 5.92 Å². The second-order valence-corrected chi connectivity index (χ2v) is 5.61. The molecule has 1 aromatic carbocycles. The number of aromatic nitrogens is 4. The predicted octanol–water partition coefficient (Wildman–Crippen LogP) is 2.72. The molecular formula is C16H18N4O. The number of ether oxygens (including phenoxy) is 1. The molecule has 2 aromatic heterocycles. The number of fused-ring (bicyclic) bond motifs is 1. The zero-order chi connectivity index (χ0) is 14.1. The third-order valence-electron chi connectivity index (χ3n) is 3.95. The summed E-state index contributed by atoms with van der Waals surface area (Å²) < 4.78 is 10.1. The minimum atomic E-state index is 0.594. The Kier molecular flexibility index (Phi) is 3.10. The van der Waals surface area contributed by atoms with Crippen LogP contribution >= 0.6 is 0 Å². The van der Waals surface area contributed by atoms with E-state index in [1.807, 2.05) is 6.07 Å². The fourth-order valence-corrected chi connectivity index (χ4v) is 2.67. The van der Waals surface area contributed by atoms with E-state index in [0.29, 0.717) is 13.2 Å². The first-order valence-electron chi connectivity index (χ1n) is 7.43. The molecule has 108 valence electrons. The Hall–Kier alpha value is -2.30. The quantitative estimate of drug-likeness (QED) is 0.698. The Morgan fingerprint density at radius 3 is 3.00 bits per heavy atom. The molecule has 21 heavy (non-hydrogen) atoms. The molecule has 0 N–H and O–H groups in total. The molecule has 0 radical (unpaired) electrons. The largest absolute Gasteiger partial charge is 0.489 e. The van der Waals surface area contributed by atoms with Gasteiger partial charge < -0.3 is 9.30 Å². The smallest absolute Gasteiger partial charge is 0.143 e. The van der Waals surface area contributed by atoms with E-state index in [1.165, 1.54) is 23.7 Å². The van der Waals surface area contributed by atoms with Gasteiger partial charge in [0.25, 0.3) is 0 Å². The third-order valence-corrected chi connectivity index (χ3v) is 3.95. The summed E-state index contributed by atoms with van der Waals surface area (Å²) in [6.07, 6.45) is 8.14. The molecule has 0 amide bonds. The van der Waals surface area contributed by atoms with Crippen molar-refractivity contribution < 1.29 is 4.74 Å². The Bertz CT molecular complexity index is 728. The average molecular weight is 282 g/mol. The van der Waals surface area contributed by atoms with Crippen molar-refractivity contribution in [3.05, 3.63) is 43.1 Å². The van der Waals surface area contributed by atoms with Crippen LogP contribution in [-0.2, 0) is 13.1 Å². The number of para-hydroxylation sites is 1. The van der Waals surface area contributed by atoms with Crippen LogP contribution in [0.3, 0.4) is 0 Å². The van der Waals surface area contributed by atoms with Gasteiger partial charge in [0.05, 0.1) is 12.1 Å². The maximum atomic E-state index is 5.98. The molecule has 2 heterocycles. The molecule has 5 nitrogen and oxygen atoms in total. The lowest BCUT2D eigenvalue weighted by Gasteiger charge is -2.11. The van der Waals surface area contributed by atoms with Crippen molar-refractivity contribution in [3.8, 4) is 5.75 Å². The normalized spacial score (nSPS) is 14.7. The SMILES string of the molecule is c1cc(OCCn2cncn2)c2c(c1)ccn2CC1CC1. The van der Waals surface area contributed by atoms with Crippen LogP contribution in [0.2, 0.25) is 0 Å². The molecule has 1 fully saturated rings. The molecule has 1 saturated carbocycles. The average Bonchev–Trinajstić information content (AvgIpc) is 2.99. The highest BCUT2D eigenvalue weighted by Gasteiger charge is 2.22. The van der Waals surface area contributed by atoms with Gasteiger partial charge in [-0.25, -0.2) is 9.67 Å². The fourth-order valence-electron chi connectivity index (χ4n) is 2.67. The maximum absolute atomic E-state index is 5.98. The van der Waals surface area contributed by atoms with Gasteiger partial charge in [-0.15, -0.1) is 0 Å². The van der Waals surface area contributed by atoms with Crippen molar-refractivity contribution in [2.75, 3.05) is 6.61 Å². The highest BCUT2D eigenvalue weighted by Crippen LogP contribution is 2.34. The molecule has 0 aliphatic heterocycles. The number of hydrogen-bond acceptors (Lipinski definition) is 3. The molecule has 4 rings (SSSR count). The minimum absolute atomic E-state index is 0.594. The summed E-state index contributed by atoms with van der Waals surface area (Å²) in [6, 6.07) is 8.41. The Morgan fingerprint density at radius 1 is 1.24 bits per heavy atom. The Balaban J connectivity index is 1.53. The van der Waals surface area contributed by atoms with Gasteiger partial charge in [0.1, 0.15) is 25.0 Å². The number of hydrogen-bond donors (Lipinski definition) is 0. The van der Waals surface area contributed by atoms with E-state index in [4.69, 9.17) is 4.74 Å². The predicted molar refractivity (Wildman–Crippen MR) is 80.2 cm³/mol. The van der Waals surface area contributed by atoms with Crippen molar-refractivity contribution in [3.63, 3.8) is 0 Å². The van der Waals surface area contributed by atoms with Crippen molar-refractivity contribution in [2.24, 2.45) is 5.92 Å². The van der Waals surface area contributed by atoms with Gasteiger partial charge in [-0.1, -0.05) is 12.1 Å². The van der Waals surface area contributed by atoms with E-state index in [0.717, 1.165) is 18.2 Å². The first-order valence-corrected chi connectivity index (χ1v) is 7.43. The van der Waals surface area contributed by atoms with Crippen LogP contribution in [0.15, 0.2) is 43.1 Å². The molecule has 1 aliphatic rings. The summed E-state index contributed by atoms with van der Waals surface area (Å²) in [5.41, 5.74) is 1.21. The number of rotatable bonds is 6. The lowest BCUT2D eigenvalue weighted by Crippen LogP contribution is -2.09. The number of nitrogens with zero attached hydrogens (tertiary/aromatic N) is 4. The summed E-state index contributed by atoms with van der Waals surface area (Å²) in [6.45, 7) is 2.41. The van der Waals surface area contributed by atoms with Crippen LogP contribution in [0.1, 0.15) is 12.8 Å². The molecule has 0 bridgehead atoms. The van der Waals surface area contributed by atoms with Crippen LogP contribution < -0.4 is 4.74 Å². The van der Waals surface area contributed by atoms with Gasteiger partial charge in [0.15, 0.2) is 0 Å². The van der Waals surface area contributed by atoms with Gasteiger partial charge >= 0.3 is 0 Å².